The van der Waals surface area contributed by atoms with Gasteiger partial charge >= 0.3 is 0 Å². The van der Waals surface area contributed by atoms with E-state index < -0.39 is 0 Å². The van der Waals surface area contributed by atoms with Gasteiger partial charge in [0.15, 0.2) is 0 Å². The van der Waals surface area contributed by atoms with Crippen LogP contribution in [0.5, 0.6) is 0 Å². The third-order valence-electron chi connectivity index (χ3n) is 6.30. The minimum Gasteiger partial charge on any atom is -0.310 e. The third kappa shape index (κ3) is 4.69. The molecule has 3 aliphatic rings. The van der Waals surface area contributed by atoms with E-state index in [1.807, 2.05) is 11.8 Å². The summed E-state index contributed by atoms with van der Waals surface area (Å²) in [6, 6.07) is 8.99. The summed E-state index contributed by atoms with van der Waals surface area (Å²) in [5.41, 5.74) is 1.11. The van der Waals surface area contributed by atoms with Crippen molar-refractivity contribution in [1.29, 1.82) is 0 Å². The summed E-state index contributed by atoms with van der Waals surface area (Å²) in [4.78, 5) is 21.7. The zero-order valence-corrected chi connectivity index (χ0v) is 17.4. The first-order valence-corrected chi connectivity index (χ1v) is 11.6. The maximum Gasteiger partial charge on any atom is 0.241 e. The van der Waals surface area contributed by atoms with E-state index in [2.05, 4.69) is 45.9 Å². The first-order valence-electron chi connectivity index (χ1n) is 10.7. The van der Waals surface area contributed by atoms with Crippen molar-refractivity contribution in [2.24, 2.45) is 0 Å². The van der Waals surface area contributed by atoms with Crippen molar-refractivity contribution in [3.05, 3.63) is 24.3 Å². The van der Waals surface area contributed by atoms with Gasteiger partial charge in [0.25, 0.3) is 0 Å². The molecule has 0 N–H and O–H groups in total. The van der Waals surface area contributed by atoms with E-state index in [0.717, 1.165) is 31.7 Å². The molecule has 0 spiro atoms. The first kappa shape index (κ1) is 19.3. The van der Waals surface area contributed by atoms with Gasteiger partial charge in [0.05, 0.1) is 12.2 Å². The van der Waals surface area contributed by atoms with E-state index in [1.54, 1.807) is 0 Å². The van der Waals surface area contributed by atoms with Crippen LogP contribution in [0.4, 0.5) is 5.69 Å². The number of para-hydroxylation sites is 1. The highest BCUT2D eigenvalue weighted by Crippen LogP contribution is 2.37. The van der Waals surface area contributed by atoms with E-state index in [-0.39, 0.29) is 5.91 Å². The fourth-order valence-electron chi connectivity index (χ4n) is 4.76. The van der Waals surface area contributed by atoms with Crippen molar-refractivity contribution in [2.75, 3.05) is 44.2 Å². The number of fused-ring (bicyclic) bond motifs is 1. The van der Waals surface area contributed by atoms with Crippen LogP contribution < -0.4 is 4.90 Å². The standard InChI is InChI=1S/C22H33N3OS/c1-18-11-15-25(20-9-3-4-10-21(20)27-18)22(26)17-24-14-7-8-19(24)16-23-12-5-2-6-13-23/h3-4,9-10,18-19H,2,5-8,11-17H2,1H3. The van der Waals surface area contributed by atoms with Crippen molar-refractivity contribution < 1.29 is 4.79 Å². The highest BCUT2D eigenvalue weighted by atomic mass is 32.2. The first-order chi connectivity index (χ1) is 13.2. The number of thioether (sulfide) groups is 1. The summed E-state index contributed by atoms with van der Waals surface area (Å²) in [6.45, 7) is 8.40. The van der Waals surface area contributed by atoms with E-state index in [0.29, 0.717) is 17.8 Å². The lowest BCUT2D eigenvalue weighted by Crippen LogP contribution is -2.47. The maximum absolute atomic E-state index is 13.3. The second-order valence-corrected chi connectivity index (χ2v) is 9.84. The molecule has 27 heavy (non-hydrogen) atoms. The van der Waals surface area contributed by atoms with Crippen LogP contribution in [0.3, 0.4) is 0 Å². The molecule has 0 aliphatic carbocycles. The second-order valence-electron chi connectivity index (χ2n) is 8.36. The lowest BCUT2D eigenvalue weighted by molar-refractivity contribution is -0.120. The van der Waals surface area contributed by atoms with Crippen LogP contribution in [0.2, 0.25) is 0 Å². The average molecular weight is 388 g/mol. The summed E-state index contributed by atoms with van der Waals surface area (Å²) in [7, 11) is 0. The van der Waals surface area contributed by atoms with E-state index in [1.165, 1.54) is 50.1 Å². The van der Waals surface area contributed by atoms with E-state index in [4.69, 9.17) is 0 Å². The fourth-order valence-corrected chi connectivity index (χ4v) is 5.87. The molecule has 0 aromatic heterocycles. The molecule has 1 amide bonds. The third-order valence-corrected chi connectivity index (χ3v) is 7.54. The van der Waals surface area contributed by atoms with Crippen molar-refractivity contribution in [3.8, 4) is 0 Å². The number of hydrogen-bond donors (Lipinski definition) is 0. The molecule has 1 aromatic carbocycles. The predicted molar refractivity (Wildman–Crippen MR) is 114 cm³/mol. The summed E-state index contributed by atoms with van der Waals surface area (Å²) in [5.74, 6) is 0.280. The van der Waals surface area contributed by atoms with Crippen LogP contribution in [-0.2, 0) is 4.79 Å². The molecule has 148 valence electrons. The number of nitrogens with zero attached hydrogens (tertiary/aromatic N) is 3. The molecular weight excluding hydrogens is 354 g/mol. The smallest absolute Gasteiger partial charge is 0.241 e. The zero-order chi connectivity index (χ0) is 18.6. The summed E-state index contributed by atoms with van der Waals surface area (Å²) in [5, 5.41) is 0.558. The minimum atomic E-state index is 0.280. The number of carbonyl (C=O) groups is 1. The number of benzene rings is 1. The highest BCUT2D eigenvalue weighted by Gasteiger charge is 2.31. The number of amides is 1. The second kappa shape index (κ2) is 8.97. The van der Waals surface area contributed by atoms with Crippen molar-refractivity contribution >= 4 is 23.4 Å². The molecule has 4 nitrogen and oxygen atoms in total. The van der Waals surface area contributed by atoms with Crippen LogP contribution in [0.25, 0.3) is 0 Å². The van der Waals surface area contributed by atoms with Gasteiger partial charge in [-0.2, -0.15) is 0 Å². The Kier molecular flexibility index (Phi) is 6.41. The van der Waals surface area contributed by atoms with Gasteiger partial charge in [0.2, 0.25) is 5.91 Å². The van der Waals surface area contributed by atoms with Crippen molar-refractivity contribution in [2.45, 2.75) is 61.6 Å². The van der Waals surface area contributed by atoms with Gasteiger partial charge in [-0.05, 0) is 63.9 Å². The molecule has 4 rings (SSSR count). The molecule has 0 saturated carbocycles. The molecule has 2 fully saturated rings. The van der Waals surface area contributed by atoms with Crippen molar-refractivity contribution in [3.63, 3.8) is 0 Å². The maximum atomic E-state index is 13.3. The molecule has 0 radical (unpaired) electrons. The summed E-state index contributed by atoms with van der Waals surface area (Å²) >= 11 is 1.91. The molecule has 0 bridgehead atoms. The molecule has 5 heteroatoms. The number of piperidine rings is 1. The van der Waals surface area contributed by atoms with Crippen LogP contribution >= 0.6 is 11.8 Å². The number of hydrogen-bond acceptors (Lipinski definition) is 4. The molecular formula is C22H33N3OS. The lowest BCUT2D eigenvalue weighted by Gasteiger charge is -2.33. The number of carbonyl (C=O) groups excluding carboxylic acids is 1. The number of rotatable bonds is 4. The predicted octanol–water partition coefficient (Wildman–Crippen LogP) is 3.85. The average Bonchev–Trinajstić information content (AvgIpc) is 3.02. The normalized spacial score (nSPS) is 27.4. The SMILES string of the molecule is CC1CCN(C(=O)CN2CCCC2CN2CCCCC2)c2ccccc2S1. The Morgan fingerprint density at radius 3 is 2.70 bits per heavy atom. The van der Waals surface area contributed by atoms with Crippen LogP contribution in [0.15, 0.2) is 29.2 Å². The molecule has 1 aromatic rings. The molecule has 2 atom stereocenters. The molecule has 3 heterocycles. The van der Waals surface area contributed by atoms with E-state index in [9.17, 15) is 4.79 Å². The topological polar surface area (TPSA) is 26.8 Å². The number of anilines is 1. The van der Waals surface area contributed by atoms with Gasteiger partial charge in [-0.1, -0.05) is 25.5 Å². The Morgan fingerprint density at radius 1 is 1.04 bits per heavy atom. The Bertz CT molecular complexity index is 646. The minimum absolute atomic E-state index is 0.280. The number of likely N-dealkylation sites (tertiary alicyclic amines) is 2. The van der Waals surface area contributed by atoms with Gasteiger partial charge in [-0.25, -0.2) is 0 Å². The fraction of sp³-hybridized carbons (Fsp3) is 0.682. The van der Waals surface area contributed by atoms with Crippen molar-refractivity contribution in [1.82, 2.24) is 9.80 Å². The zero-order valence-electron chi connectivity index (χ0n) is 16.6. The molecule has 2 unspecified atom stereocenters. The van der Waals surface area contributed by atoms with E-state index >= 15 is 0 Å². The largest absolute Gasteiger partial charge is 0.310 e. The lowest BCUT2D eigenvalue weighted by atomic mass is 10.1. The highest BCUT2D eigenvalue weighted by molar-refractivity contribution is 8.00. The Balaban J connectivity index is 1.42. The molecule has 3 aliphatic heterocycles. The van der Waals surface area contributed by atoms with Gasteiger partial charge in [-0.3, -0.25) is 9.69 Å². The quantitative estimate of drug-likeness (QED) is 0.784. The summed E-state index contributed by atoms with van der Waals surface area (Å²) in [6.07, 6.45) is 7.59. The van der Waals surface area contributed by atoms with Crippen LogP contribution in [0, 0.1) is 0 Å². The van der Waals surface area contributed by atoms with Crippen LogP contribution in [-0.4, -0.2) is 66.3 Å². The Labute approximate surface area is 168 Å². The van der Waals surface area contributed by atoms with Gasteiger partial charge in [0.1, 0.15) is 0 Å². The summed E-state index contributed by atoms with van der Waals surface area (Å²) < 4.78 is 0. The van der Waals surface area contributed by atoms with Gasteiger partial charge in [0, 0.05) is 29.3 Å². The monoisotopic (exact) mass is 387 g/mol. The van der Waals surface area contributed by atoms with Gasteiger partial charge < -0.3 is 9.80 Å². The Hall–Kier alpha value is -1.04. The van der Waals surface area contributed by atoms with Crippen LogP contribution in [0.1, 0.15) is 45.4 Å². The Morgan fingerprint density at radius 2 is 1.85 bits per heavy atom. The van der Waals surface area contributed by atoms with Gasteiger partial charge in [-0.15, -0.1) is 11.8 Å². The molecule has 2 saturated heterocycles.